The molecule has 0 fully saturated rings. The van der Waals surface area contributed by atoms with Crippen LogP contribution in [0.15, 0.2) is 52.9 Å². The topological polar surface area (TPSA) is 102 Å². The number of aryl methyl sites for hydroxylation is 1. The number of hydrogen-bond donors (Lipinski definition) is 0. The molecule has 33 heavy (non-hydrogen) atoms. The van der Waals surface area contributed by atoms with Gasteiger partial charge in [-0.3, -0.25) is 0 Å². The van der Waals surface area contributed by atoms with E-state index in [0.717, 1.165) is 17.0 Å². The van der Waals surface area contributed by atoms with E-state index in [0.29, 0.717) is 35.4 Å². The summed E-state index contributed by atoms with van der Waals surface area (Å²) >= 11 is 0. The Kier molecular flexibility index (Phi) is 6.39. The van der Waals surface area contributed by atoms with E-state index in [1.165, 1.54) is 0 Å². The monoisotopic (exact) mass is 448 g/mol. The van der Waals surface area contributed by atoms with Gasteiger partial charge in [-0.2, -0.15) is 0 Å². The first kappa shape index (κ1) is 22.1. The molecule has 0 bridgehead atoms. The van der Waals surface area contributed by atoms with E-state index in [9.17, 15) is 4.79 Å². The standard InChI is InChI=1S/C24H24N4O5/c1-5-31-18-12-10-17(11-13-18)28-15(2)22(26-27-28)24(29)32-14-20-16(3)33-23(25-20)19-8-6-7-9-21(19)30-4/h6-13H,5,14H2,1-4H3. The van der Waals surface area contributed by atoms with Gasteiger partial charge in [-0.1, -0.05) is 17.3 Å². The summed E-state index contributed by atoms with van der Waals surface area (Å²) in [4.78, 5) is 17.2. The van der Waals surface area contributed by atoms with Gasteiger partial charge < -0.3 is 18.6 Å². The van der Waals surface area contributed by atoms with Gasteiger partial charge in [0.2, 0.25) is 5.89 Å². The van der Waals surface area contributed by atoms with Crippen molar-refractivity contribution < 1.29 is 23.4 Å². The van der Waals surface area contributed by atoms with E-state index in [2.05, 4.69) is 15.3 Å². The predicted molar refractivity (Wildman–Crippen MR) is 120 cm³/mol. The summed E-state index contributed by atoms with van der Waals surface area (Å²) in [6, 6.07) is 14.8. The first-order valence-corrected chi connectivity index (χ1v) is 10.4. The first-order valence-electron chi connectivity index (χ1n) is 10.4. The summed E-state index contributed by atoms with van der Waals surface area (Å²) in [5.74, 6) is 1.76. The van der Waals surface area contributed by atoms with Gasteiger partial charge in [-0.15, -0.1) is 5.10 Å². The Morgan fingerprint density at radius 2 is 1.85 bits per heavy atom. The molecule has 0 atom stereocenters. The van der Waals surface area contributed by atoms with Gasteiger partial charge in [-0.25, -0.2) is 14.5 Å². The minimum Gasteiger partial charge on any atom is -0.496 e. The second-order valence-electron chi connectivity index (χ2n) is 7.16. The van der Waals surface area contributed by atoms with Crippen LogP contribution in [0.4, 0.5) is 0 Å². The fourth-order valence-corrected chi connectivity index (χ4v) is 3.31. The Balaban J connectivity index is 1.47. The van der Waals surface area contributed by atoms with Crippen LogP contribution in [0.25, 0.3) is 17.1 Å². The third kappa shape index (κ3) is 4.57. The molecule has 0 aliphatic rings. The number of para-hydroxylation sites is 1. The molecule has 9 nitrogen and oxygen atoms in total. The van der Waals surface area contributed by atoms with Gasteiger partial charge in [0.15, 0.2) is 5.69 Å². The highest BCUT2D eigenvalue weighted by molar-refractivity contribution is 5.88. The molecule has 0 aliphatic heterocycles. The van der Waals surface area contributed by atoms with Crippen molar-refractivity contribution in [1.29, 1.82) is 0 Å². The Morgan fingerprint density at radius 1 is 1.09 bits per heavy atom. The quantitative estimate of drug-likeness (QED) is 0.368. The van der Waals surface area contributed by atoms with Crippen molar-refractivity contribution in [3.05, 3.63) is 71.4 Å². The molecule has 4 rings (SSSR count). The maximum absolute atomic E-state index is 12.7. The number of carbonyl (C=O) groups is 1. The SMILES string of the molecule is CCOc1ccc(-n2nnc(C(=O)OCc3nc(-c4ccccc4OC)oc3C)c2C)cc1. The number of methoxy groups -OCH3 is 1. The summed E-state index contributed by atoms with van der Waals surface area (Å²) < 4.78 is 23.6. The lowest BCUT2D eigenvalue weighted by Gasteiger charge is -2.06. The number of rotatable bonds is 8. The fraction of sp³-hybridized carbons (Fsp3) is 0.250. The largest absolute Gasteiger partial charge is 0.496 e. The molecule has 0 saturated carbocycles. The Bertz CT molecular complexity index is 1260. The molecule has 0 unspecified atom stereocenters. The summed E-state index contributed by atoms with van der Waals surface area (Å²) in [5.41, 5.74) is 2.69. The molecule has 0 spiro atoms. The molecule has 0 aliphatic carbocycles. The molecule has 0 radical (unpaired) electrons. The minimum atomic E-state index is -0.592. The van der Waals surface area contributed by atoms with E-state index >= 15 is 0 Å². The van der Waals surface area contributed by atoms with Crippen molar-refractivity contribution in [2.75, 3.05) is 13.7 Å². The number of hydrogen-bond acceptors (Lipinski definition) is 8. The normalized spacial score (nSPS) is 10.8. The van der Waals surface area contributed by atoms with Crippen molar-refractivity contribution >= 4 is 5.97 Å². The van der Waals surface area contributed by atoms with Crippen LogP contribution in [0, 0.1) is 13.8 Å². The zero-order chi connectivity index (χ0) is 23.4. The van der Waals surface area contributed by atoms with E-state index in [4.69, 9.17) is 18.6 Å². The van der Waals surface area contributed by atoms with Gasteiger partial charge in [0.05, 0.1) is 30.7 Å². The lowest BCUT2D eigenvalue weighted by atomic mass is 10.2. The van der Waals surface area contributed by atoms with Crippen molar-refractivity contribution in [3.63, 3.8) is 0 Å². The van der Waals surface area contributed by atoms with Crippen LogP contribution in [-0.4, -0.2) is 39.7 Å². The smallest absolute Gasteiger partial charge is 0.361 e. The van der Waals surface area contributed by atoms with Crippen molar-refractivity contribution in [2.24, 2.45) is 0 Å². The van der Waals surface area contributed by atoms with Crippen LogP contribution in [0.3, 0.4) is 0 Å². The third-order valence-electron chi connectivity index (χ3n) is 5.05. The Morgan fingerprint density at radius 3 is 2.58 bits per heavy atom. The van der Waals surface area contributed by atoms with Crippen LogP contribution in [0.1, 0.15) is 34.6 Å². The first-order chi connectivity index (χ1) is 16.0. The van der Waals surface area contributed by atoms with Crippen molar-refractivity contribution in [1.82, 2.24) is 20.0 Å². The lowest BCUT2D eigenvalue weighted by molar-refractivity contribution is 0.0459. The van der Waals surface area contributed by atoms with Crippen molar-refractivity contribution in [2.45, 2.75) is 27.4 Å². The van der Waals surface area contributed by atoms with E-state index < -0.39 is 5.97 Å². The number of oxazole rings is 1. The predicted octanol–water partition coefficient (Wildman–Crippen LogP) is 4.30. The highest BCUT2D eigenvalue weighted by atomic mass is 16.5. The zero-order valence-corrected chi connectivity index (χ0v) is 18.9. The molecular formula is C24H24N4O5. The van der Waals surface area contributed by atoms with Crippen LogP contribution in [-0.2, 0) is 11.3 Å². The molecule has 4 aromatic rings. The van der Waals surface area contributed by atoms with Gasteiger partial charge >= 0.3 is 5.97 Å². The van der Waals surface area contributed by atoms with Gasteiger partial charge in [-0.05, 0) is 57.2 Å². The lowest BCUT2D eigenvalue weighted by Crippen LogP contribution is -2.09. The zero-order valence-electron chi connectivity index (χ0n) is 18.9. The number of aromatic nitrogens is 4. The van der Waals surface area contributed by atoms with Crippen LogP contribution < -0.4 is 9.47 Å². The fourth-order valence-electron chi connectivity index (χ4n) is 3.31. The second kappa shape index (κ2) is 9.56. The molecule has 2 heterocycles. The molecular weight excluding hydrogens is 424 g/mol. The molecule has 0 N–H and O–H groups in total. The number of ether oxygens (including phenoxy) is 3. The molecule has 0 amide bonds. The Labute approximate surface area is 190 Å². The van der Waals surface area contributed by atoms with Crippen LogP contribution in [0.2, 0.25) is 0 Å². The molecule has 9 heteroatoms. The number of carbonyl (C=O) groups excluding carboxylic acids is 1. The van der Waals surface area contributed by atoms with E-state index in [1.54, 1.807) is 25.6 Å². The second-order valence-corrected chi connectivity index (χ2v) is 7.16. The van der Waals surface area contributed by atoms with E-state index in [-0.39, 0.29) is 12.3 Å². The summed E-state index contributed by atoms with van der Waals surface area (Å²) in [6.45, 7) is 5.98. The molecule has 0 saturated heterocycles. The van der Waals surface area contributed by atoms with E-state index in [1.807, 2.05) is 55.5 Å². The highest BCUT2D eigenvalue weighted by Crippen LogP contribution is 2.30. The van der Waals surface area contributed by atoms with Crippen LogP contribution in [0.5, 0.6) is 11.5 Å². The summed E-state index contributed by atoms with van der Waals surface area (Å²) in [6.07, 6.45) is 0. The molecule has 170 valence electrons. The molecule has 2 aromatic heterocycles. The number of esters is 1. The maximum Gasteiger partial charge on any atom is 0.361 e. The highest BCUT2D eigenvalue weighted by Gasteiger charge is 2.21. The number of nitrogens with zero attached hydrogens (tertiary/aromatic N) is 4. The van der Waals surface area contributed by atoms with Crippen molar-refractivity contribution in [3.8, 4) is 28.6 Å². The van der Waals surface area contributed by atoms with Gasteiger partial charge in [0, 0.05) is 0 Å². The third-order valence-corrected chi connectivity index (χ3v) is 5.05. The maximum atomic E-state index is 12.7. The summed E-state index contributed by atoms with van der Waals surface area (Å²) in [5, 5.41) is 8.10. The van der Waals surface area contributed by atoms with Gasteiger partial charge in [0.25, 0.3) is 0 Å². The number of benzene rings is 2. The Hall–Kier alpha value is -4.14. The average Bonchev–Trinajstić information content (AvgIpc) is 3.40. The van der Waals surface area contributed by atoms with Crippen LogP contribution >= 0.6 is 0 Å². The minimum absolute atomic E-state index is 0.0569. The summed E-state index contributed by atoms with van der Waals surface area (Å²) in [7, 11) is 1.58. The molecule has 2 aromatic carbocycles. The van der Waals surface area contributed by atoms with Gasteiger partial charge in [0.1, 0.15) is 29.6 Å². The average molecular weight is 448 g/mol.